The Kier molecular flexibility index (Phi) is 9.04. The third-order valence-corrected chi connectivity index (χ3v) is 6.14. The summed E-state index contributed by atoms with van der Waals surface area (Å²) >= 11 is 1.31. The number of carbonyl (C=O) groups excluding carboxylic acids is 2. The van der Waals surface area contributed by atoms with Gasteiger partial charge in [0.25, 0.3) is 5.91 Å². The zero-order valence-electron chi connectivity index (χ0n) is 19.8. The molecule has 3 rings (SSSR count). The van der Waals surface area contributed by atoms with Crippen molar-refractivity contribution < 1.29 is 9.59 Å². The summed E-state index contributed by atoms with van der Waals surface area (Å²) < 4.78 is 1.91. The first-order valence-electron chi connectivity index (χ1n) is 11.3. The van der Waals surface area contributed by atoms with Crippen LogP contribution in [0.15, 0.2) is 72.4 Å². The van der Waals surface area contributed by atoms with Crippen LogP contribution in [0.2, 0.25) is 0 Å². The minimum absolute atomic E-state index is 0.120. The van der Waals surface area contributed by atoms with E-state index >= 15 is 0 Å². The summed E-state index contributed by atoms with van der Waals surface area (Å²) in [6, 6.07) is 16.4. The molecular weight excluding hydrogens is 446 g/mol. The minimum atomic E-state index is -0.324. The first-order valence-corrected chi connectivity index (χ1v) is 12.3. The van der Waals surface area contributed by atoms with Gasteiger partial charge in [0.05, 0.1) is 11.8 Å². The van der Waals surface area contributed by atoms with E-state index in [0.717, 1.165) is 11.3 Å². The van der Waals surface area contributed by atoms with E-state index in [0.29, 0.717) is 35.4 Å². The zero-order chi connectivity index (χ0) is 24.5. The number of hydrogen-bond acceptors (Lipinski definition) is 5. The fraction of sp³-hybridized carbons (Fsp3) is 0.308. The van der Waals surface area contributed by atoms with Crippen molar-refractivity contribution >= 4 is 29.3 Å². The number of para-hydroxylation sites is 1. The van der Waals surface area contributed by atoms with Crippen molar-refractivity contribution in [3.05, 3.63) is 84.2 Å². The van der Waals surface area contributed by atoms with Gasteiger partial charge in [-0.1, -0.05) is 68.1 Å². The molecule has 1 atom stereocenters. The Hall–Kier alpha value is -3.39. The standard InChI is InChI=1S/C26H31N5O2S/c1-5-15-31-24(22(16-18(2)3)28-25(33)20-12-7-6-8-13-20)29-30-26(31)34-17-23(32)27-21-14-10-9-11-19(21)4/h5-14,18,22H,1,15-17H2,2-4H3,(H,27,32)(H,28,33). The minimum Gasteiger partial charge on any atom is -0.342 e. The van der Waals surface area contributed by atoms with E-state index in [-0.39, 0.29) is 23.6 Å². The molecule has 7 nitrogen and oxygen atoms in total. The normalized spacial score (nSPS) is 11.8. The molecule has 0 radical (unpaired) electrons. The third kappa shape index (κ3) is 6.81. The van der Waals surface area contributed by atoms with Crippen LogP contribution in [0.4, 0.5) is 5.69 Å². The van der Waals surface area contributed by atoms with Gasteiger partial charge < -0.3 is 15.2 Å². The number of allylic oxidation sites excluding steroid dienone is 1. The largest absolute Gasteiger partial charge is 0.342 e. The van der Waals surface area contributed by atoms with Gasteiger partial charge in [0.1, 0.15) is 0 Å². The van der Waals surface area contributed by atoms with Gasteiger partial charge in [-0.15, -0.1) is 16.8 Å². The number of nitrogens with zero attached hydrogens (tertiary/aromatic N) is 3. The summed E-state index contributed by atoms with van der Waals surface area (Å²) in [5.41, 5.74) is 2.39. The summed E-state index contributed by atoms with van der Waals surface area (Å²) in [5, 5.41) is 15.4. The van der Waals surface area contributed by atoms with Crippen molar-refractivity contribution in [3.63, 3.8) is 0 Å². The van der Waals surface area contributed by atoms with Crippen LogP contribution in [-0.2, 0) is 11.3 Å². The van der Waals surface area contributed by atoms with Crippen molar-refractivity contribution in [2.24, 2.45) is 5.92 Å². The SMILES string of the molecule is C=CCn1c(SCC(=O)Nc2ccccc2C)nnc1C(CC(C)C)NC(=O)c1ccccc1. The summed E-state index contributed by atoms with van der Waals surface area (Å²) in [5.74, 6) is 0.886. The maximum absolute atomic E-state index is 12.9. The summed E-state index contributed by atoms with van der Waals surface area (Å²) in [6.45, 7) is 10.5. The average molecular weight is 478 g/mol. The molecule has 178 valence electrons. The molecule has 0 saturated carbocycles. The topological polar surface area (TPSA) is 88.9 Å². The van der Waals surface area contributed by atoms with Crippen molar-refractivity contribution in [1.29, 1.82) is 0 Å². The van der Waals surface area contributed by atoms with Gasteiger partial charge in [0.15, 0.2) is 11.0 Å². The second-order valence-corrected chi connectivity index (χ2v) is 9.36. The van der Waals surface area contributed by atoms with E-state index in [1.165, 1.54) is 11.8 Å². The highest BCUT2D eigenvalue weighted by molar-refractivity contribution is 7.99. The van der Waals surface area contributed by atoms with Crippen LogP contribution < -0.4 is 10.6 Å². The molecule has 2 N–H and O–H groups in total. The number of nitrogens with one attached hydrogen (secondary N) is 2. The highest BCUT2D eigenvalue weighted by Gasteiger charge is 2.24. The first kappa shape index (κ1) is 25.2. The van der Waals surface area contributed by atoms with Gasteiger partial charge in [-0.2, -0.15) is 0 Å². The molecule has 2 amide bonds. The maximum Gasteiger partial charge on any atom is 0.251 e. The molecule has 0 spiro atoms. The van der Waals surface area contributed by atoms with Gasteiger partial charge in [-0.05, 0) is 43.0 Å². The summed E-state index contributed by atoms with van der Waals surface area (Å²) in [7, 11) is 0. The van der Waals surface area contributed by atoms with E-state index in [2.05, 4.69) is 41.3 Å². The lowest BCUT2D eigenvalue weighted by molar-refractivity contribution is -0.113. The molecular formula is C26H31N5O2S. The average Bonchev–Trinajstić information content (AvgIpc) is 3.22. The van der Waals surface area contributed by atoms with Crippen LogP contribution in [0.1, 0.15) is 48.1 Å². The van der Waals surface area contributed by atoms with E-state index in [4.69, 9.17) is 0 Å². The fourth-order valence-corrected chi connectivity index (χ4v) is 4.28. The number of rotatable bonds is 11. The Morgan fingerprint density at radius 1 is 1.09 bits per heavy atom. The molecule has 0 bridgehead atoms. The second-order valence-electron chi connectivity index (χ2n) is 8.41. The maximum atomic E-state index is 12.9. The molecule has 3 aromatic rings. The quantitative estimate of drug-likeness (QED) is 0.299. The Bertz CT molecular complexity index is 1130. The Morgan fingerprint density at radius 3 is 2.47 bits per heavy atom. The van der Waals surface area contributed by atoms with E-state index in [9.17, 15) is 9.59 Å². The molecule has 1 heterocycles. The smallest absolute Gasteiger partial charge is 0.251 e. The van der Waals surface area contributed by atoms with Gasteiger partial charge >= 0.3 is 0 Å². The fourth-order valence-electron chi connectivity index (χ4n) is 3.53. The molecule has 1 unspecified atom stereocenters. The molecule has 34 heavy (non-hydrogen) atoms. The van der Waals surface area contributed by atoms with Gasteiger partial charge in [0.2, 0.25) is 5.91 Å². The number of benzene rings is 2. The van der Waals surface area contributed by atoms with Crippen LogP contribution in [0.5, 0.6) is 0 Å². The van der Waals surface area contributed by atoms with Crippen LogP contribution in [0.25, 0.3) is 0 Å². The van der Waals surface area contributed by atoms with E-state index < -0.39 is 0 Å². The van der Waals surface area contributed by atoms with Crippen LogP contribution in [0.3, 0.4) is 0 Å². The number of amides is 2. The third-order valence-electron chi connectivity index (χ3n) is 5.17. The van der Waals surface area contributed by atoms with Crippen LogP contribution >= 0.6 is 11.8 Å². The van der Waals surface area contributed by atoms with Gasteiger partial charge in [-0.3, -0.25) is 9.59 Å². The highest BCUT2D eigenvalue weighted by Crippen LogP contribution is 2.26. The monoisotopic (exact) mass is 477 g/mol. The van der Waals surface area contributed by atoms with E-state index in [1.807, 2.05) is 54.0 Å². The lowest BCUT2D eigenvalue weighted by atomic mass is 10.0. The van der Waals surface area contributed by atoms with Crippen molar-refractivity contribution in [2.75, 3.05) is 11.1 Å². The van der Waals surface area contributed by atoms with Crippen molar-refractivity contribution in [1.82, 2.24) is 20.1 Å². The molecule has 0 saturated heterocycles. The van der Waals surface area contributed by atoms with Gasteiger partial charge in [-0.25, -0.2) is 0 Å². The van der Waals surface area contributed by atoms with Crippen LogP contribution in [0, 0.1) is 12.8 Å². The number of aryl methyl sites for hydroxylation is 1. The lowest BCUT2D eigenvalue weighted by Crippen LogP contribution is -2.31. The molecule has 0 aliphatic heterocycles. The Balaban J connectivity index is 1.76. The van der Waals surface area contributed by atoms with Crippen LogP contribution in [-0.4, -0.2) is 32.3 Å². The Morgan fingerprint density at radius 2 is 1.79 bits per heavy atom. The highest BCUT2D eigenvalue weighted by atomic mass is 32.2. The number of hydrogen-bond donors (Lipinski definition) is 2. The predicted octanol–water partition coefficient (Wildman–Crippen LogP) is 5.02. The molecule has 0 aliphatic rings. The molecule has 0 fully saturated rings. The number of aromatic nitrogens is 3. The lowest BCUT2D eigenvalue weighted by Gasteiger charge is -2.21. The molecule has 0 aliphatic carbocycles. The van der Waals surface area contributed by atoms with Crippen molar-refractivity contribution in [2.45, 2.75) is 44.9 Å². The Labute approximate surface area is 205 Å². The number of thioether (sulfide) groups is 1. The summed E-state index contributed by atoms with van der Waals surface area (Å²) in [6.07, 6.45) is 2.46. The number of carbonyl (C=O) groups is 2. The van der Waals surface area contributed by atoms with E-state index in [1.54, 1.807) is 18.2 Å². The number of anilines is 1. The van der Waals surface area contributed by atoms with Crippen molar-refractivity contribution in [3.8, 4) is 0 Å². The second kappa shape index (κ2) is 12.2. The molecule has 8 heteroatoms. The molecule has 1 aromatic heterocycles. The predicted molar refractivity (Wildman–Crippen MR) is 137 cm³/mol. The summed E-state index contributed by atoms with van der Waals surface area (Å²) in [4.78, 5) is 25.4. The van der Waals surface area contributed by atoms with Gasteiger partial charge in [0, 0.05) is 17.8 Å². The zero-order valence-corrected chi connectivity index (χ0v) is 20.6. The first-order chi connectivity index (χ1) is 16.4. The molecule has 2 aromatic carbocycles.